The van der Waals surface area contributed by atoms with Crippen LogP contribution < -0.4 is 10.6 Å². The van der Waals surface area contributed by atoms with Gasteiger partial charge in [0.05, 0.1) is 22.6 Å². The minimum Gasteiger partial charge on any atom is -0.369 e. The summed E-state index contributed by atoms with van der Waals surface area (Å²) in [6.07, 6.45) is 0. The van der Waals surface area contributed by atoms with Gasteiger partial charge < -0.3 is 10.6 Å². The van der Waals surface area contributed by atoms with Crippen molar-refractivity contribution in [2.45, 2.75) is 6.04 Å². The monoisotopic (exact) mass is 323 g/mol. The summed E-state index contributed by atoms with van der Waals surface area (Å²) in [6.45, 7) is 0.447. The predicted molar refractivity (Wildman–Crippen MR) is 84.6 cm³/mol. The summed E-state index contributed by atoms with van der Waals surface area (Å²) in [6, 6.07) is 11.4. The number of benzene rings is 2. The summed E-state index contributed by atoms with van der Waals surface area (Å²) < 4.78 is 13.5. The van der Waals surface area contributed by atoms with Crippen molar-refractivity contribution in [1.29, 1.82) is 0 Å². The zero-order valence-corrected chi connectivity index (χ0v) is 12.4. The molecule has 1 atom stereocenters. The number of aliphatic imine (C=N–C) groups is 1. The summed E-state index contributed by atoms with van der Waals surface area (Å²) in [5.41, 5.74) is 7.41. The summed E-state index contributed by atoms with van der Waals surface area (Å²) in [7, 11) is 0. The minimum absolute atomic E-state index is 0.196. The number of rotatable bonds is 2. The number of halogens is 3. The molecule has 0 saturated carbocycles. The molecule has 6 heteroatoms. The van der Waals surface area contributed by atoms with Crippen molar-refractivity contribution in [3.63, 3.8) is 0 Å². The lowest BCUT2D eigenvalue weighted by Gasteiger charge is -2.27. The van der Waals surface area contributed by atoms with E-state index in [4.69, 9.17) is 28.9 Å². The van der Waals surface area contributed by atoms with Gasteiger partial charge >= 0.3 is 0 Å². The van der Waals surface area contributed by atoms with Crippen LogP contribution in [0.4, 0.5) is 10.1 Å². The molecule has 108 valence electrons. The van der Waals surface area contributed by atoms with E-state index in [0.29, 0.717) is 28.2 Å². The Balaban J connectivity index is 2.05. The second-order valence-electron chi connectivity index (χ2n) is 4.71. The maximum atomic E-state index is 13.5. The molecular weight excluding hydrogens is 312 g/mol. The van der Waals surface area contributed by atoms with Crippen LogP contribution in [0.3, 0.4) is 0 Å². The third-order valence-electron chi connectivity index (χ3n) is 3.41. The van der Waals surface area contributed by atoms with Crippen LogP contribution in [-0.2, 0) is 0 Å². The fourth-order valence-corrected chi connectivity index (χ4v) is 2.88. The molecule has 0 amide bonds. The lowest BCUT2D eigenvalue weighted by molar-refractivity contribution is 0.626. The van der Waals surface area contributed by atoms with Gasteiger partial charge in [0.25, 0.3) is 0 Å². The Morgan fingerprint density at radius 3 is 2.71 bits per heavy atom. The molecule has 0 aliphatic carbocycles. The Labute approximate surface area is 131 Å². The van der Waals surface area contributed by atoms with E-state index in [2.05, 4.69) is 4.99 Å². The Hall–Kier alpha value is -1.78. The first-order valence-electron chi connectivity index (χ1n) is 6.36. The van der Waals surface area contributed by atoms with Crippen LogP contribution in [0.15, 0.2) is 47.5 Å². The third kappa shape index (κ3) is 2.57. The van der Waals surface area contributed by atoms with Gasteiger partial charge in [0.15, 0.2) is 5.96 Å². The number of nitrogens with two attached hydrogens (primary N) is 1. The number of anilines is 1. The van der Waals surface area contributed by atoms with Crippen molar-refractivity contribution < 1.29 is 4.39 Å². The Morgan fingerprint density at radius 2 is 1.95 bits per heavy atom. The molecule has 0 spiro atoms. The summed E-state index contributed by atoms with van der Waals surface area (Å²) in [5.74, 6) is 0.00443. The van der Waals surface area contributed by atoms with Crippen molar-refractivity contribution in [2.24, 2.45) is 10.7 Å². The highest BCUT2D eigenvalue weighted by atomic mass is 35.5. The average molecular weight is 324 g/mol. The Morgan fingerprint density at radius 1 is 1.19 bits per heavy atom. The molecule has 1 heterocycles. The van der Waals surface area contributed by atoms with Gasteiger partial charge in [-0.2, -0.15) is 0 Å². The fourth-order valence-electron chi connectivity index (χ4n) is 2.45. The molecule has 1 unspecified atom stereocenters. The molecule has 1 aliphatic heterocycles. The molecule has 0 bridgehead atoms. The van der Waals surface area contributed by atoms with Crippen molar-refractivity contribution >= 4 is 34.8 Å². The number of hydrogen-bond donors (Lipinski definition) is 1. The van der Waals surface area contributed by atoms with E-state index in [9.17, 15) is 4.39 Å². The second-order valence-corrected chi connectivity index (χ2v) is 5.49. The maximum absolute atomic E-state index is 13.5. The van der Waals surface area contributed by atoms with E-state index in [-0.39, 0.29) is 11.9 Å². The van der Waals surface area contributed by atoms with Crippen LogP contribution in [0.1, 0.15) is 11.6 Å². The first-order valence-corrected chi connectivity index (χ1v) is 7.12. The lowest BCUT2D eigenvalue weighted by Crippen LogP contribution is -2.36. The smallest absolute Gasteiger partial charge is 0.196 e. The molecule has 3 nitrogen and oxygen atoms in total. The fraction of sp³-hybridized carbons (Fsp3) is 0.133. The minimum atomic E-state index is -0.330. The zero-order valence-electron chi connectivity index (χ0n) is 10.9. The molecule has 0 radical (unpaired) electrons. The molecule has 1 aliphatic rings. The molecule has 0 fully saturated rings. The highest BCUT2D eigenvalue weighted by Gasteiger charge is 2.30. The standard InChI is InChI=1S/C15H12Cl2FN3/c16-12-6-2-5-11(14(12)17)13-8-20-15(19)21(13)10-4-1-3-9(18)7-10/h1-7,13H,8H2,(H2,19,20). The van der Waals surface area contributed by atoms with Gasteiger partial charge in [-0.15, -0.1) is 0 Å². The average Bonchev–Trinajstić information content (AvgIpc) is 2.83. The molecule has 2 aromatic carbocycles. The van der Waals surface area contributed by atoms with Crippen LogP contribution in [0, 0.1) is 5.82 Å². The molecule has 0 saturated heterocycles. The first-order chi connectivity index (χ1) is 10.1. The van der Waals surface area contributed by atoms with E-state index in [0.717, 1.165) is 5.56 Å². The van der Waals surface area contributed by atoms with Crippen LogP contribution in [0.25, 0.3) is 0 Å². The summed E-state index contributed by atoms with van der Waals surface area (Å²) in [4.78, 5) is 6.01. The molecular formula is C15H12Cl2FN3. The van der Waals surface area contributed by atoms with Gasteiger partial charge in [-0.05, 0) is 29.8 Å². The van der Waals surface area contributed by atoms with E-state index < -0.39 is 0 Å². The number of nitrogens with zero attached hydrogens (tertiary/aromatic N) is 2. The Kier molecular flexibility index (Phi) is 3.74. The van der Waals surface area contributed by atoms with Crippen LogP contribution in [-0.4, -0.2) is 12.5 Å². The van der Waals surface area contributed by atoms with Crippen molar-refractivity contribution in [3.8, 4) is 0 Å². The van der Waals surface area contributed by atoms with Gasteiger partial charge in [-0.3, -0.25) is 4.99 Å². The third-order valence-corrected chi connectivity index (χ3v) is 4.25. The van der Waals surface area contributed by atoms with Crippen molar-refractivity contribution in [1.82, 2.24) is 0 Å². The molecule has 21 heavy (non-hydrogen) atoms. The summed E-state index contributed by atoms with van der Waals surface area (Å²) in [5, 5.41) is 0.939. The van der Waals surface area contributed by atoms with Gasteiger partial charge in [-0.25, -0.2) is 4.39 Å². The largest absolute Gasteiger partial charge is 0.369 e. The molecule has 2 aromatic rings. The molecule has 0 aromatic heterocycles. The first kappa shape index (κ1) is 14.2. The van der Waals surface area contributed by atoms with Gasteiger partial charge in [0.2, 0.25) is 0 Å². The zero-order chi connectivity index (χ0) is 15.0. The van der Waals surface area contributed by atoms with Crippen LogP contribution >= 0.6 is 23.2 Å². The van der Waals surface area contributed by atoms with Gasteiger partial charge in [-0.1, -0.05) is 41.4 Å². The number of hydrogen-bond acceptors (Lipinski definition) is 3. The maximum Gasteiger partial charge on any atom is 0.196 e. The quantitative estimate of drug-likeness (QED) is 0.907. The highest BCUT2D eigenvalue weighted by Crippen LogP contribution is 2.37. The predicted octanol–water partition coefficient (Wildman–Crippen LogP) is 4.01. The molecule has 3 rings (SSSR count). The van der Waals surface area contributed by atoms with E-state index >= 15 is 0 Å². The topological polar surface area (TPSA) is 41.6 Å². The highest BCUT2D eigenvalue weighted by molar-refractivity contribution is 6.42. The molecule has 2 N–H and O–H groups in total. The Bertz CT molecular complexity index is 718. The van der Waals surface area contributed by atoms with Crippen molar-refractivity contribution in [3.05, 3.63) is 63.9 Å². The van der Waals surface area contributed by atoms with E-state index in [1.54, 1.807) is 23.1 Å². The number of guanidine groups is 1. The second kappa shape index (κ2) is 5.54. The van der Waals surface area contributed by atoms with Gasteiger partial charge in [0, 0.05) is 5.69 Å². The van der Waals surface area contributed by atoms with Crippen molar-refractivity contribution in [2.75, 3.05) is 11.4 Å². The van der Waals surface area contributed by atoms with Crippen LogP contribution in [0.5, 0.6) is 0 Å². The summed E-state index contributed by atoms with van der Waals surface area (Å²) >= 11 is 12.3. The van der Waals surface area contributed by atoms with Gasteiger partial charge in [0.1, 0.15) is 5.82 Å². The SMILES string of the molecule is NC1=NCC(c2cccc(Cl)c2Cl)N1c1cccc(F)c1. The normalized spacial score (nSPS) is 18.0. The van der Waals surface area contributed by atoms with E-state index in [1.165, 1.54) is 12.1 Å². The van der Waals surface area contributed by atoms with Crippen LogP contribution in [0.2, 0.25) is 10.0 Å². The van der Waals surface area contributed by atoms with E-state index in [1.807, 2.05) is 12.1 Å². The lowest BCUT2D eigenvalue weighted by atomic mass is 10.1.